The van der Waals surface area contributed by atoms with Crippen molar-refractivity contribution in [2.75, 3.05) is 5.32 Å². The van der Waals surface area contributed by atoms with Crippen molar-refractivity contribution in [2.45, 2.75) is 25.9 Å². The highest BCUT2D eigenvalue weighted by Gasteiger charge is 2.28. The van der Waals surface area contributed by atoms with Gasteiger partial charge in [0, 0.05) is 27.6 Å². The molecule has 0 aliphatic rings. The molecule has 0 bridgehead atoms. The molecule has 3 heterocycles. The van der Waals surface area contributed by atoms with Crippen molar-refractivity contribution >= 4 is 48.8 Å². The predicted octanol–water partition coefficient (Wildman–Crippen LogP) is 5.83. The molecule has 10 heteroatoms. The summed E-state index contributed by atoms with van der Waals surface area (Å²) in [6, 6.07) is 2.90. The molecule has 0 spiro atoms. The molecule has 3 aromatic rings. The quantitative estimate of drug-likeness (QED) is 0.451. The average Bonchev–Trinajstić information content (AvgIpc) is 3.23. The molecule has 0 fully saturated rings. The maximum absolute atomic E-state index is 13.5. The third kappa shape index (κ3) is 4.71. The van der Waals surface area contributed by atoms with Gasteiger partial charge in [-0.15, -0.1) is 11.3 Å². The summed E-state index contributed by atoms with van der Waals surface area (Å²) in [5.74, 6) is -0.947. The van der Waals surface area contributed by atoms with E-state index in [1.54, 1.807) is 11.3 Å². The van der Waals surface area contributed by atoms with Gasteiger partial charge >= 0.3 is 5.97 Å². The van der Waals surface area contributed by atoms with Crippen LogP contribution in [0.25, 0.3) is 11.3 Å². The Balaban J connectivity index is 1.98. The Kier molecular flexibility index (Phi) is 6.07. The first-order valence-electron chi connectivity index (χ1n) is 8.35. The van der Waals surface area contributed by atoms with E-state index in [0.29, 0.717) is 11.0 Å². The van der Waals surface area contributed by atoms with Crippen LogP contribution in [0.2, 0.25) is 0 Å². The largest absolute Gasteiger partial charge is 0.478 e. The van der Waals surface area contributed by atoms with Gasteiger partial charge in [-0.1, -0.05) is 23.1 Å². The molecule has 1 unspecified atom stereocenters. The zero-order valence-corrected chi connectivity index (χ0v) is 17.9. The molecule has 0 aromatic carbocycles. The van der Waals surface area contributed by atoms with Gasteiger partial charge in [-0.05, 0) is 29.9 Å². The molecule has 3 aromatic heterocycles. The van der Waals surface area contributed by atoms with Crippen LogP contribution in [0.15, 0.2) is 29.1 Å². The summed E-state index contributed by atoms with van der Waals surface area (Å²) in [4.78, 5) is 21.1. The van der Waals surface area contributed by atoms with Gasteiger partial charge in [0.1, 0.15) is 11.4 Å². The number of anilines is 2. The summed E-state index contributed by atoms with van der Waals surface area (Å²) in [5.41, 5.74) is -2.24. The Morgan fingerprint density at radius 3 is 2.75 bits per heavy atom. The second kappa shape index (κ2) is 8.19. The van der Waals surface area contributed by atoms with Crippen molar-refractivity contribution in [2.24, 2.45) is 5.92 Å². The molecule has 28 heavy (non-hydrogen) atoms. The summed E-state index contributed by atoms with van der Waals surface area (Å²) >= 11 is 2.97. The van der Waals surface area contributed by atoms with E-state index in [1.165, 1.54) is 20.6 Å². The Labute approximate surface area is 171 Å². The molecule has 0 saturated heterocycles. The number of hydrogen-bond acceptors (Lipinski definition) is 6. The molecule has 148 valence electrons. The fourth-order valence-electron chi connectivity index (χ4n) is 2.55. The highest BCUT2D eigenvalue weighted by molar-refractivity contribution is 7.17. The zero-order valence-electron chi connectivity index (χ0n) is 15.1. The van der Waals surface area contributed by atoms with Gasteiger partial charge in [-0.3, -0.25) is 0 Å². The van der Waals surface area contributed by atoms with E-state index >= 15 is 0 Å². The first kappa shape index (κ1) is 20.8. The first-order chi connectivity index (χ1) is 13.1. The molecule has 0 aliphatic carbocycles. The van der Waals surface area contributed by atoms with Crippen LogP contribution in [-0.2, 0) is 12.1 Å². The standard InChI is InChI=1S/C18H18F2N3O2PS2/c1-9(2)5-13-14(10-3-4-27-8-10)22-17(28-13)23-15-12(16(24)25)6-11(7-21-15)18(19,20)26/h3-4,6-9H,5,26H2,1-2H3,(H,24,25)(H,21,22,23). The number of rotatable bonds is 7. The minimum absolute atomic E-state index is 0.0211. The Bertz CT molecular complexity index is 985. The second-order valence-electron chi connectivity index (χ2n) is 6.57. The van der Waals surface area contributed by atoms with E-state index in [9.17, 15) is 18.7 Å². The normalized spacial score (nSPS) is 11.8. The lowest BCUT2D eigenvalue weighted by Crippen LogP contribution is -2.10. The van der Waals surface area contributed by atoms with Crippen LogP contribution in [0.4, 0.5) is 19.7 Å². The van der Waals surface area contributed by atoms with Crippen LogP contribution in [-0.4, -0.2) is 21.0 Å². The van der Waals surface area contributed by atoms with Gasteiger partial charge in [0.05, 0.1) is 5.69 Å². The number of thiazole rings is 1. The van der Waals surface area contributed by atoms with Gasteiger partial charge in [-0.2, -0.15) is 20.1 Å². The monoisotopic (exact) mass is 441 g/mol. The van der Waals surface area contributed by atoms with E-state index < -0.39 is 17.2 Å². The highest BCUT2D eigenvalue weighted by Crippen LogP contribution is 2.38. The van der Waals surface area contributed by atoms with E-state index in [2.05, 4.69) is 29.1 Å². The molecule has 0 saturated carbocycles. The number of carboxylic acids is 1. The van der Waals surface area contributed by atoms with E-state index in [-0.39, 0.29) is 11.4 Å². The predicted molar refractivity (Wildman–Crippen MR) is 112 cm³/mol. The minimum atomic E-state index is -3.26. The smallest absolute Gasteiger partial charge is 0.339 e. The van der Waals surface area contributed by atoms with Crippen LogP contribution in [0, 0.1) is 5.92 Å². The average molecular weight is 441 g/mol. The van der Waals surface area contributed by atoms with Crippen molar-refractivity contribution in [3.63, 3.8) is 0 Å². The maximum atomic E-state index is 13.5. The number of nitrogens with zero attached hydrogens (tertiary/aromatic N) is 2. The number of thiophene rings is 1. The van der Waals surface area contributed by atoms with Gasteiger partial charge in [0.25, 0.3) is 5.66 Å². The van der Waals surface area contributed by atoms with Crippen molar-refractivity contribution in [3.05, 3.63) is 45.1 Å². The second-order valence-corrected chi connectivity index (χ2v) is 9.16. The molecular weight excluding hydrogens is 423 g/mol. The van der Waals surface area contributed by atoms with Crippen LogP contribution in [0.1, 0.15) is 34.6 Å². The Morgan fingerprint density at radius 1 is 1.43 bits per heavy atom. The summed E-state index contributed by atoms with van der Waals surface area (Å²) in [6.07, 6.45) is 1.78. The Hall–Kier alpha value is -1.96. The van der Waals surface area contributed by atoms with Crippen molar-refractivity contribution < 1.29 is 18.7 Å². The van der Waals surface area contributed by atoms with Crippen molar-refractivity contribution in [3.8, 4) is 11.3 Å². The van der Waals surface area contributed by atoms with Crippen molar-refractivity contribution in [1.82, 2.24) is 9.97 Å². The summed E-state index contributed by atoms with van der Waals surface area (Å²) < 4.78 is 27.0. The molecule has 0 amide bonds. The lowest BCUT2D eigenvalue weighted by molar-refractivity contribution is 0.0696. The van der Waals surface area contributed by atoms with Crippen LogP contribution >= 0.6 is 31.9 Å². The molecular formula is C18H18F2N3O2PS2. The number of aromatic carboxylic acids is 1. The topological polar surface area (TPSA) is 75.1 Å². The number of alkyl halides is 2. The molecule has 2 N–H and O–H groups in total. The van der Waals surface area contributed by atoms with Crippen LogP contribution in [0.3, 0.4) is 0 Å². The lowest BCUT2D eigenvalue weighted by atomic mass is 10.1. The number of nitrogens with one attached hydrogen (secondary N) is 1. The summed E-state index contributed by atoms with van der Waals surface area (Å²) in [7, 11) is 1.38. The number of halogens is 2. The number of aromatic nitrogens is 2. The fourth-order valence-corrected chi connectivity index (χ4v) is 4.54. The summed E-state index contributed by atoms with van der Waals surface area (Å²) in [6.45, 7) is 4.21. The van der Waals surface area contributed by atoms with E-state index in [1.807, 2.05) is 16.8 Å². The molecule has 5 nitrogen and oxygen atoms in total. The third-order valence-electron chi connectivity index (χ3n) is 3.81. The Morgan fingerprint density at radius 2 is 2.18 bits per heavy atom. The number of hydrogen-bond donors (Lipinski definition) is 2. The van der Waals surface area contributed by atoms with Crippen LogP contribution < -0.4 is 5.32 Å². The third-order valence-corrected chi connectivity index (χ3v) is 5.82. The lowest BCUT2D eigenvalue weighted by Gasteiger charge is -2.12. The van der Waals surface area contributed by atoms with Gasteiger partial charge < -0.3 is 10.4 Å². The molecule has 3 rings (SSSR count). The summed E-state index contributed by atoms with van der Waals surface area (Å²) in [5, 5.41) is 16.7. The number of carbonyl (C=O) groups is 1. The first-order valence-corrected chi connectivity index (χ1v) is 10.7. The fraction of sp³-hybridized carbons (Fsp3) is 0.278. The van der Waals surface area contributed by atoms with Gasteiger partial charge in [0.15, 0.2) is 5.13 Å². The number of carboxylic acid groups (broad SMARTS) is 1. The highest BCUT2D eigenvalue weighted by atomic mass is 32.1. The minimum Gasteiger partial charge on any atom is -0.478 e. The maximum Gasteiger partial charge on any atom is 0.339 e. The molecule has 0 radical (unpaired) electrons. The van der Waals surface area contributed by atoms with E-state index in [4.69, 9.17) is 0 Å². The van der Waals surface area contributed by atoms with Crippen LogP contribution in [0.5, 0.6) is 0 Å². The van der Waals surface area contributed by atoms with E-state index in [0.717, 1.165) is 34.8 Å². The molecule has 1 atom stereocenters. The van der Waals surface area contributed by atoms with Crippen molar-refractivity contribution in [1.29, 1.82) is 0 Å². The SMILES string of the molecule is CC(C)Cc1sc(Nc2ncc(C(F)(F)P)cc2C(=O)O)nc1-c1ccsc1. The number of pyridine rings is 1. The molecule has 0 aliphatic heterocycles. The van der Waals surface area contributed by atoms with Gasteiger partial charge in [-0.25, -0.2) is 14.8 Å². The van der Waals surface area contributed by atoms with Gasteiger partial charge in [0.2, 0.25) is 0 Å². The zero-order chi connectivity index (χ0) is 20.5.